The second-order valence-electron chi connectivity index (χ2n) is 3.54. The number of furan rings is 1. The van der Waals surface area contributed by atoms with Gasteiger partial charge in [-0.1, -0.05) is 5.16 Å². The minimum absolute atomic E-state index is 0.244. The fourth-order valence-electron chi connectivity index (χ4n) is 1.36. The van der Waals surface area contributed by atoms with E-state index < -0.39 is 0 Å². The van der Waals surface area contributed by atoms with Gasteiger partial charge in [0.15, 0.2) is 10.4 Å². The quantitative estimate of drug-likeness (QED) is 0.940. The number of halogens is 1. The van der Waals surface area contributed by atoms with Crippen molar-refractivity contribution in [3.63, 3.8) is 0 Å². The number of nitrogens with one attached hydrogen (secondary N) is 1. The molecule has 0 spiro atoms. The van der Waals surface area contributed by atoms with E-state index in [-0.39, 0.29) is 11.7 Å². The van der Waals surface area contributed by atoms with E-state index in [9.17, 15) is 4.79 Å². The Bertz CT molecular complexity index is 518. The van der Waals surface area contributed by atoms with Crippen molar-refractivity contribution in [2.45, 2.75) is 13.3 Å². The van der Waals surface area contributed by atoms with Crippen LogP contribution in [0.2, 0.25) is 0 Å². The number of carbonyl (C=O) groups excluding carboxylic acids is 1. The molecule has 0 aliphatic rings. The summed E-state index contributed by atoms with van der Waals surface area (Å²) in [6.07, 6.45) is 0.606. The van der Waals surface area contributed by atoms with Gasteiger partial charge in [-0.3, -0.25) is 4.79 Å². The van der Waals surface area contributed by atoms with Crippen LogP contribution in [0.5, 0.6) is 0 Å². The van der Waals surface area contributed by atoms with E-state index in [0.29, 0.717) is 17.6 Å². The summed E-state index contributed by atoms with van der Waals surface area (Å²) in [5.74, 6) is 0.793. The summed E-state index contributed by atoms with van der Waals surface area (Å²) >= 11 is 3.14. The second kappa shape index (κ2) is 5.18. The number of carbonyl (C=O) groups is 1. The molecule has 1 amide bonds. The molecule has 0 saturated carbocycles. The molecular weight excluding hydrogens is 288 g/mol. The van der Waals surface area contributed by atoms with Gasteiger partial charge in [0.1, 0.15) is 5.76 Å². The van der Waals surface area contributed by atoms with Gasteiger partial charge < -0.3 is 14.3 Å². The van der Waals surface area contributed by atoms with Crippen LogP contribution in [0.3, 0.4) is 0 Å². The van der Waals surface area contributed by atoms with E-state index in [4.69, 9.17) is 8.94 Å². The van der Waals surface area contributed by atoms with Crippen molar-refractivity contribution < 1.29 is 13.7 Å². The van der Waals surface area contributed by atoms with Gasteiger partial charge in [0.25, 0.3) is 5.91 Å². The third-order valence-corrected chi connectivity index (χ3v) is 2.56. The van der Waals surface area contributed by atoms with E-state index in [1.165, 1.54) is 0 Å². The van der Waals surface area contributed by atoms with Gasteiger partial charge in [0.2, 0.25) is 0 Å². The molecule has 0 aliphatic carbocycles. The van der Waals surface area contributed by atoms with Crippen LogP contribution < -0.4 is 5.32 Å². The normalized spacial score (nSPS) is 10.5. The molecule has 0 fully saturated rings. The largest absolute Gasteiger partial charge is 0.444 e. The third kappa shape index (κ3) is 3.20. The molecule has 0 saturated heterocycles. The van der Waals surface area contributed by atoms with Crippen LogP contribution in [-0.2, 0) is 6.42 Å². The Kier molecular flexibility index (Phi) is 3.63. The molecule has 0 unspecified atom stereocenters. The average molecular weight is 299 g/mol. The van der Waals surface area contributed by atoms with Crippen LogP contribution in [0.15, 0.2) is 31.8 Å². The number of nitrogens with zero attached hydrogens (tertiary/aromatic N) is 1. The van der Waals surface area contributed by atoms with Crippen molar-refractivity contribution in [3.05, 3.63) is 40.1 Å². The molecule has 1 N–H and O–H groups in total. The van der Waals surface area contributed by atoms with Crippen molar-refractivity contribution in [2.24, 2.45) is 0 Å². The molecule has 2 aromatic rings. The molecule has 0 aromatic carbocycles. The van der Waals surface area contributed by atoms with Gasteiger partial charge in [0.05, 0.1) is 5.69 Å². The van der Waals surface area contributed by atoms with Crippen LogP contribution in [0, 0.1) is 6.92 Å². The lowest BCUT2D eigenvalue weighted by Crippen LogP contribution is -2.25. The molecule has 0 aliphatic heterocycles. The first-order valence-electron chi connectivity index (χ1n) is 5.11. The topological polar surface area (TPSA) is 68.3 Å². The second-order valence-corrected chi connectivity index (χ2v) is 4.33. The summed E-state index contributed by atoms with van der Waals surface area (Å²) in [5, 5.41) is 6.49. The average Bonchev–Trinajstić information content (AvgIpc) is 2.88. The minimum Gasteiger partial charge on any atom is -0.444 e. The standard InChI is InChI=1S/C11H11BrN2O3/c1-7-6-8(17-14-7)4-5-13-11(15)9-2-3-10(12)16-9/h2-3,6H,4-5H2,1H3,(H,13,15). The molecule has 2 rings (SSSR count). The Labute approximate surface area is 106 Å². The molecule has 0 atom stereocenters. The van der Waals surface area contributed by atoms with Crippen LogP contribution in [0.4, 0.5) is 0 Å². The van der Waals surface area contributed by atoms with Crippen molar-refractivity contribution in [3.8, 4) is 0 Å². The van der Waals surface area contributed by atoms with E-state index in [1.54, 1.807) is 12.1 Å². The highest BCUT2D eigenvalue weighted by molar-refractivity contribution is 9.10. The summed E-state index contributed by atoms with van der Waals surface area (Å²) in [6.45, 7) is 2.33. The highest BCUT2D eigenvalue weighted by Gasteiger charge is 2.10. The first-order valence-corrected chi connectivity index (χ1v) is 5.90. The van der Waals surface area contributed by atoms with Crippen molar-refractivity contribution in [1.82, 2.24) is 10.5 Å². The molecule has 17 heavy (non-hydrogen) atoms. The van der Waals surface area contributed by atoms with Crippen LogP contribution >= 0.6 is 15.9 Å². The van der Waals surface area contributed by atoms with Gasteiger partial charge in [-0.25, -0.2) is 0 Å². The van der Waals surface area contributed by atoms with Gasteiger partial charge in [-0.2, -0.15) is 0 Å². The fraction of sp³-hybridized carbons (Fsp3) is 0.273. The van der Waals surface area contributed by atoms with Crippen molar-refractivity contribution in [2.75, 3.05) is 6.54 Å². The minimum atomic E-state index is -0.244. The SMILES string of the molecule is Cc1cc(CCNC(=O)c2ccc(Br)o2)on1. The molecular formula is C11H11BrN2O3. The first-order chi connectivity index (χ1) is 8.15. The Balaban J connectivity index is 1.81. The van der Waals surface area contributed by atoms with Crippen molar-refractivity contribution >= 4 is 21.8 Å². The van der Waals surface area contributed by atoms with Gasteiger partial charge in [-0.15, -0.1) is 0 Å². The lowest BCUT2D eigenvalue weighted by molar-refractivity contribution is 0.0924. The summed E-state index contributed by atoms with van der Waals surface area (Å²) in [5.41, 5.74) is 0.835. The molecule has 90 valence electrons. The lowest BCUT2D eigenvalue weighted by Gasteiger charge is -2.00. The Morgan fingerprint density at radius 1 is 1.53 bits per heavy atom. The molecule has 6 heteroatoms. The van der Waals surface area contributed by atoms with Crippen LogP contribution in [-0.4, -0.2) is 17.6 Å². The molecule has 0 radical (unpaired) electrons. The Morgan fingerprint density at radius 3 is 2.94 bits per heavy atom. The monoisotopic (exact) mass is 298 g/mol. The predicted octanol–water partition coefficient (Wildman–Crippen LogP) is 2.31. The Morgan fingerprint density at radius 2 is 2.35 bits per heavy atom. The van der Waals surface area contributed by atoms with Crippen LogP contribution in [0.1, 0.15) is 22.0 Å². The highest BCUT2D eigenvalue weighted by atomic mass is 79.9. The maximum Gasteiger partial charge on any atom is 0.287 e. The zero-order chi connectivity index (χ0) is 12.3. The maximum atomic E-state index is 11.6. The lowest BCUT2D eigenvalue weighted by atomic mass is 10.3. The summed E-state index contributed by atoms with van der Waals surface area (Å²) < 4.78 is 10.7. The molecule has 2 aromatic heterocycles. The molecule has 0 bridgehead atoms. The van der Waals surface area contributed by atoms with Gasteiger partial charge in [-0.05, 0) is 35.0 Å². The summed E-state index contributed by atoms with van der Waals surface area (Å²) in [4.78, 5) is 11.6. The van der Waals surface area contributed by atoms with Crippen molar-refractivity contribution in [1.29, 1.82) is 0 Å². The summed E-state index contributed by atoms with van der Waals surface area (Å²) in [7, 11) is 0. The van der Waals surface area contributed by atoms with E-state index >= 15 is 0 Å². The number of aryl methyl sites for hydroxylation is 1. The first kappa shape index (κ1) is 11.9. The fourth-order valence-corrected chi connectivity index (χ4v) is 1.66. The maximum absolute atomic E-state index is 11.6. The zero-order valence-electron chi connectivity index (χ0n) is 9.20. The number of rotatable bonds is 4. The summed E-state index contributed by atoms with van der Waals surface area (Å²) in [6, 6.07) is 5.13. The van der Waals surface area contributed by atoms with E-state index in [2.05, 4.69) is 26.4 Å². The van der Waals surface area contributed by atoms with Gasteiger partial charge in [0, 0.05) is 19.0 Å². The van der Waals surface area contributed by atoms with E-state index in [0.717, 1.165) is 11.5 Å². The number of aromatic nitrogens is 1. The third-order valence-electron chi connectivity index (χ3n) is 2.13. The van der Waals surface area contributed by atoms with E-state index in [1.807, 2.05) is 13.0 Å². The highest BCUT2D eigenvalue weighted by Crippen LogP contribution is 2.13. The Hall–Kier alpha value is -1.56. The van der Waals surface area contributed by atoms with Crippen LogP contribution in [0.25, 0.3) is 0 Å². The smallest absolute Gasteiger partial charge is 0.287 e. The molecule has 2 heterocycles. The molecule has 5 nitrogen and oxygen atoms in total. The number of amides is 1. The number of hydrogen-bond donors (Lipinski definition) is 1. The number of hydrogen-bond acceptors (Lipinski definition) is 4. The van der Waals surface area contributed by atoms with Gasteiger partial charge >= 0.3 is 0 Å². The predicted molar refractivity (Wildman–Crippen MR) is 63.7 cm³/mol. The zero-order valence-corrected chi connectivity index (χ0v) is 10.8.